The van der Waals surface area contributed by atoms with Crippen molar-refractivity contribution in [1.29, 1.82) is 0 Å². The lowest BCUT2D eigenvalue weighted by Crippen LogP contribution is -2.37. The van der Waals surface area contributed by atoms with Crippen LogP contribution in [0.1, 0.15) is 33.4 Å². The molecular weight excluding hydrogens is 250 g/mol. The highest BCUT2D eigenvalue weighted by atomic mass is 16.5. The first-order chi connectivity index (χ1) is 9.57. The molecule has 2 rings (SSSR count). The SMILES string of the molecule is CCOC(C)(C)CNCc1nn(CC)c2ccccc12. The lowest BCUT2D eigenvalue weighted by atomic mass is 10.1. The number of aromatic nitrogens is 2. The average Bonchev–Trinajstić information content (AvgIpc) is 2.77. The van der Waals surface area contributed by atoms with Crippen molar-refractivity contribution >= 4 is 10.9 Å². The molecule has 110 valence electrons. The van der Waals surface area contributed by atoms with Crippen molar-refractivity contribution in [2.45, 2.75) is 46.4 Å². The van der Waals surface area contributed by atoms with Gasteiger partial charge in [-0.2, -0.15) is 5.10 Å². The Hall–Kier alpha value is -1.39. The van der Waals surface area contributed by atoms with E-state index in [0.29, 0.717) is 0 Å². The summed E-state index contributed by atoms with van der Waals surface area (Å²) in [5, 5.41) is 9.37. The monoisotopic (exact) mass is 275 g/mol. The molecule has 0 amide bonds. The van der Waals surface area contributed by atoms with E-state index in [1.165, 1.54) is 10.9 Å². The number of para-hydroxylation sites is 1. The van der Waals surface area contributed by atoms with Gasteiger partial charge in [-0.25, -0.2) is 0 Å². The van der Waals surface area contributed by atoms with Crippen LogP contribution in [0.15, 0.2) is 24.3 Å². The Morgan fingerprint density at radius 3 is 2.70 bits per heavy atom. The summed E-state index contributed by atoms with van der Waals surface area (Å²) in [5.41, 5.74) is 2.17. The van der Waals surface area contributed by atoms with Crippen molar-refractivity contribution in [2.75, 3.05) is 13.2 Å². The third-order valence-corrected chi connectivity index (χ3v) is 3.41. The Balaban J connectivity index is 2.07. The molecule has 0 aliphatic rings. The zero-order valence-electron chi connectivity index (χ0n) is 12.9. The van der Waals surface area contributed by atoms with E-state index in [2.05, 4.69) is 60.1 Å². The van der Waals surface area contributed by atoms with Crippen LogP contribution in [0.25, 0.3) is 10.9 Å². The van der Waals surface area contributed by atoms with Crippen LogP contribution in [0.4, 0.5) is 0 Å². The molecule has 0 saturated carbocycles. The van der Waals surface area contributed by atoms with Gasteiger partial charge in [-0.05, 0) is 33.8 Å². The van der Waals surface area contributed by atoms with Gasteiger partial charge in [-0.15, -0.1) is 0 Å². The van der Waals surface area contributed by atoms with Gasteiger partial charge in [0.15, 0.2) is 0 Å². The average molecular weight is 275 g/mol. The minimum atomic E-state index is -0.141. The van der Waals surface area contributed by atoms with Gasteiger partial charge in [0.25, 0.3) is 0 Å². The molecule has 1 N–H and O–H groups in total. The predicted molar refractivity (Wildman–Crippen MR) is 82.8 cm³/mol. The van der Waals surface area contributed by atoms with E-state index in [4.69, 9.17) is 4.74 Å². The molecule has 1 aromatic carbocycles. The molecule has 0 saturated heterocycles. The number of ether oxygens (including phenoxy) is 1. The van der Waals surface area contributed by atoms with Crippen LogP contribution < -0.4 is 5.32 Å². The second kappa shape index (κ2) is 6.37. The summed E-state index contributed by atoms with van der Waals surface area (Å²) >= 11 is 0. The van der Waals surface area contributed by atoms with Crippen molar-refractivity contribution in [3.8, 4) is 0 Å². The van der Waals surface area contributed by atoms with E-state index in [0.717, 1.165) is 31.9 Å². The lowest BCUT2D eigenvalue weighted by Gasteiger charge is -2.24. The summed E-state index contributed by atoms with van der Waals surface area (Å²) in [7, 11) is 0. The smallest absolute Gasteiger partial charge is 0.0841 e. The second-order valence-corrected chi connectivity index (χ2v) is 5.58. The van der Waals surface area contributed by atoms with E-state index in [9.17, 15) is 0 Å². The fourth-order valence-electron chi connectivity index (χ4n) is 2.49. The number of hydrogen-bond acceptors (Lipinski definition) is 3. The Morgan fingerprint density at radius 2 is 2.00 bits per heavy atom. The summed E-state index contributed by atoms with van der Waals surface area (Å²) in [6.45, 7) is 11.6. The largest absolute Gasteiger partial charge is 0.375 e. The van der Waals surface area contributed by atoms with Gasteiger partial charge in [0.2, 0.25) is 0 Å². The highest BCUT2D eigenvalue weighted by Crippen LogP contribution is 2.18. The highest BCUT2D eigenvalue weighted by Gasteiger charge is 2.17. The Kier molecular flexibility index (Phi) is 4.78. The van der Waals surface area contributed by atoms with Crippen molar-refractivity contribution in [3.63, 3.8) is 0 Å². The number of aryl methyl sites for hydroxylation is 1. The summed E-state index contributed by atoms with van der Waals surface area (Å²) in [6.07, 6.45) is 0. The Morgan fingerprint density at radius 1 is 1.25 bits per heavy atom. The van der Waals surface area contributed by atoms with Crippen LogP contribution in [0.5, 0.6) is 0 Å². The normalized spacial score (nSPS) is 12.2. The number of nitrogens with zero attached hydrogens (tertiary/aromatic N) is 2. The molecule has 0 bridgehead atoms. The topological polar surface area (TPSA) is 39.1 Å². The van der Waals surface area contributed by atoms with Gasteiger partial charge in [0.1, 0.15) is 0 Å². The van der Waals surface area contributed by atoms with Crippen molar-refractivity contribution in [1.82, 2.24) is 15.1 Å². The van der Waals surface area contributed by atoms with Crippen LogP contribution >= 0.6 is 0 Å². The number of nitrogens with one attached hydrogen (secondary N) is 1. The van der Waals surface area contributed by atoms with Gasteiger partial charge in [0.05, 0.1) is 16.8 Å². The summed E-state index contributed by atoms with van der Waals surface area (Å²) in [4.78, 5) is 0. The summed E-state index contributed by atoms with van der Waals surface area (Å²) in [6, 6.07) is 8.39. The molecule has 1 aromatic heterocycles. The fraction of sp³-hybridized carbons (Fsp3) is 0.562. The molecule has 0 fully saturated rings. The molecule has 4 nitrogen and oxygen atoms in total. The molecule has 20 heavy (non-hydrogen) atoms. The predicted octanol–water partition coefficient (Wildman–Crippen LogP) is 2.96. The zero-order chi connectivity index (χ0) is 14.6. The first kappa shape index (κ1) is 15.0. The molecule has 0 aliphatic carbocycles. The van der Waals surface area contributed by atoms with Gasteiger partial charge in [-0.3, -0.25) is 4.68 Å². The Bertz CT molecular complexity index is 560. The molecule has 0 unspecified atom stereocenters. The van der Waals surface area contributed by atoms with Gasteiger partial charge in [0, 0.05) is 31.6 Å². The molecule has 0 aliphatic heterocycles. The van der Waals surface area contributed by atoms with E-state index in [1.807, 2.05) is 6.92 Å². The fourth-order valence-corrected chi connectivity index (χ4v) is 2.49. The molecule has 4 heteroatoms. The van der Waals surface area contributed by atoms with E-state index < -0.39 is 0 Å². The maximum absolute atomic E-state index is 5.69. The van der Waals surface area contributed by atoms with Gasteiger partial charge < -0.3 is 10.1 Å². The highest BCUT2D eigenvalue weighted by molar-refractivity contribution is 5.81. The third-order valence-electron chi connectivity index (χ3n) is 3.41. The van der Waals surface area contributed by atoms with Gasteiger partial charge >= 0.3 is 0 Å². The Labute approximate surface area is 121 Å². The maximum Gasteiger partial charge on any atom is 0.0841 e. The van der Waals surface area contributed by atoms with E-state index in [-0.39, 0.29) is 5.60 Å². The number of rotatable bonds is 7. The van der Waals surface area contributed by atoms with Crippen LogP contribution in [0.2, 0.25) is 0 Å². The third kappa shape index (κ3) is 3.38. The van der Waals surface area contributed by atoms with Crippen LogP contribution in [0, 0.1) is 0 Å². The number of fused-ring (bicyclic) bond motifs is 1. The van der Waals surface area contributed by atoms with Crippen molar-refractivity contribution in [3.05, 3.63) is 30.0 Å². The first-order valence-electron chi connectivity index (χ1n) is 7.36. The quantitative estimate of drug-likeness (QED) is 0.844. The molecule has 0 spiro atoms. The molecular formula is C16H25N3O. The second-order valence-electron chi connectivity index (χ2n) is 5.58. The first-order valence-corrected chi connectivity index (χ1v) is 7.36. The van der Waals surface area contributed by atoms with Gasteiger partial charge in [-0.1, -0.05) is 18.2 Å². The van der Waals surface area contributed by atoms with E-state index in [1.54, 1.807) is 0 Å². The number of hydrogen-bond donors (Lipinski definition) is 1. The minimum absolute atomic E-state index is 0.141. The van der Waals surface area contributed by atoms with Crippen molar-refractivity contribution < 1.29 is 4.74 Å². The van der Waals surface area contributed by atoms with Crippen molar-refractivity contribution in [2.24, 2.45) is 0 Å². The molecule has 0 radical (unpaired) electrons. The lowest BCUT2D eigenvalue weighted by molar-refractivity contribution is -0.00901. The van der Waals surface area contributed by atoms with Crippen LogP contribution in [-0.4, -0.2) is 28.5 Å². The number of benzene rings is 1. The molecule has 2 aromatic rings. The van der Waals surface area contributed by atoms with E-state index >= 15 is 0 Å². The zero-order valence-corrected chi connectivity index (χ0v) is 12.9. The summed E-state index contributed by atoms with van der Waals surface area (Å²) in [5.74, 6) is 0. The molecule has 0 atom stereocenters. The maximum atomic E-state index is 5.69. The summed E-state index contributed by atoms with van der Waals surface area (Å²) < 4.78 is 7.75. The standard InChI is InChI=1S/C16H25N3O/c1-5-19-15-10-8-7-9-13(15)14(18-19)11-17-12-16(3,4)20-6-2/h7-10,17H,5-6,11-12H2,1-4H3. The molecule has 1 heterocycles. The minimum Gasteiger partial charge on any atom is -0.375 e. The van der Waals surface area contributed by atoms with Crippen LogP contribution in [-0.2, 0) is 17.8 Å². The van der Waals surface area contributed by atoms with Crippen LogP contribution in [0.3, 0.4) is 0 Å².